The molecule has 0 fully saturated rings. The van der Waals surface area contributed by atoms with Crippen molar-refractivity contribution in [3.63, 3.8) is 0 Å². The van der Waals surface area contributed by atoms with E-state index in [0.717, 1.165) is 5.69 Å². The number of nitrogens with zero attached hydrogens (tertiary/aromatic N) is 1. The molecule has 0 spiro atoms. The van der Waals surface area contributed by atoms with Gasteiger partial charge < -0.3 is 5.11 Å². The van der Waals surface area contributed by atoms with Crippen molar-refractivity contribution in [2.75, 3.05) is 0 Å². The number of hydrogen-bond acceptors (Lipinski definition) is 2. The highest BCUT2D eigenvalue weighted by Crippen LogP contribution is 2.04. The average Bonchev–Trinajstić information content (AvgIpc) is 2.12. The average molecular weight is 149 g/mol. The molecule has 0 amide bonds. The molecule has 1 unspecified atom stereocenters. The third-order valence-electron chi connectivity index (χ3n) is 0.972. The number of H-pyrrole nitrogens is 1. The minimum Gasteiger partial charge on any atom is -0.387 e. The number of aromatic amines is 1. The van der Waals surface area contributed by atoms with Crippen LogP contribution >= 0.6 is 12.4 Å². The van der Waals surface area contributed by atoms with Gasteiger partial charge in [0.05, 0.1) is 11.8 Å². The van der Waals surface area contributed by atoms with Gasteiger partial charge in [0.15, 0.2) is 0 Å². The van der Waals surface area contributed by atoms with Crippen LogP contribution in [-0.2, 0) is 0 Å². The molecule has 1 aromatic rings. The van der Waals surface area contributed by atoms with Gasteiger partial charge in [-0.25, -0.2) is 0 Å². The van der Waals surface area contributed by atoms with Gasteiger partial charge in [-0.05, 0) is 13.0 Å². The molecule has 0 radical (unpaired) electrons. The fourth-order valence-electron chi connectivity index (χ4n) is 0.499. The Hall–Kier alpha value is -0.540. The Labute approximate surface area is 59.5 Å². The van der Waals surface area contributed by atoms with E-state index >= 15 is 0 Å². The fraction of sp³-hybridized carbons (Fsp3) is 0.400. The van der Waals surface area contributed by atoms with E-state index in [2.05, 4.69) is 10.2 Å². The van der Waals surface area contributed by atoms with Gasteiger partial charge in [0.25, 0.3) is 0 Å². The summed E-state index contributed by atoms with van der Waals surface area (Å²) in [6.45, 7) is 1.69. The molecule has 1 aromatic heterocycles. The van der Waals surface area contributed by atoms with Gasteiger partial charge >= 0.3 is 0 Å². The Bertz CT molecular complexity index is 150. The van der Waals surface area contributed by atoms with Gasteiger partial charge in [0, 0.05) is 6.20 Å². The van der Waals surface area contributed by atoms with E-state index in [1.807, 2.05) is 0 Å². The Morgan fingerprint density at radius 2 is 2.44 bits per heavy atom. The molecule has 0 aliphatic carbocycles. The van der Waals surface area contributed by atoms with Crippen LogP contribution in [0.15, 0.2) is 12.3 Å². The third-order valence-corrected chi connectivity index (χ3v) is 0.972. The lowest BCUT2D eigenvalue weighted by molar-refractivity contribution is 0.194. The van der Waals surface area contributed by atoms with Gasteiger partial charge in [-0.2, -0.15) is 5.10 Å². The molecule has 0 aliphatic heterocycles. The molecule has 0 aromatic carbocycles. The summed E-state index contributed by atoms with van der Waals surface area (Å²) in [6.07, 6.45) is 1.18. The minimum absolute atomic E-state index is 0. The lowest BCUT2D eigenvalue weighted by Crippen LogP contribution is -1.89. The smallest absolute Gasteiger partial charge is 0.0926 e. The lowest BCUT2D eigenvalue weighted by atomic mass is 10.3. The topological polar surface area (TPSA) is 48.9 Å². The predicted octanol–water partition coefficient (Wildman–Crippen LogP) is 0.885. The van der Waals surface area contributed by atoms with Crippen molar-refractivity contribution >= 4 is 12.4 Å². The first kappa shape index (κ1) is 8.46. The molecular weight excluding hydrogens is 140 g/mol. The van der Waals surface area contributed by atoms with E-state index < -0.39 is 6.10 Å². The van der Waals surface area contributed by atoms with Crippen LogP contribution in [-0.4, -0.2) is 15.3 Å². The van der Waals surface area contributed by atoms with Crippen molar-refractivity contribution < 1.29 is 5.11 Å². The summed E-state index contributed by atoms with van der Waals surface area (Å²) < 4.78 is 0. The second-order valence-corrected chi connectivity index (χ2v) is 1.69. The number of rotatable bonds is 1. The number of aliphatic hydroxyl groups excluding tert-OH is 1. The maximum absolute atomic E-state index is 8.84. The first-order valence-corrected chi connectivity index (χ1v) is 2.48. The Morgan fingerprint density at radius 1 is 1.78 bits per heavy atom. The number of nitrogens with one attached hydrogen (secondary N) is 1. The van der Waals surface area contributed by atoms with Crippen LogP contribution in [0.1, 0.15) is 18.7 Å². The van der Waals surface area contributed by atoms with E-state index in [4.69, 9.17) is 5.11 Å². The van der Waals surface area contributed by atoms with Crippen LogP contribution in [0.5, 0.6) is 0 Å². The molecule has 0 bridgehead atoms. The highest BCUT2D eigenvalue weighted by molar-refractivity contribution is 5.85. The standard InChI is InChI=1S/C5H8N2O.ClH/c1-4(8)5-2-3-6-7-5;/h2-4,8H,1H3,(H,6,7);1H. The van der Waals surface area contributed by atoms with Gasteiger partial charge in [0.1, 0.15) is 0 Å². The third kappa shape index (κ3) is 2.03. The summed E-state index contributed by atoms with van der Waals surface area (Å²) in [5, 5.41) is 15.1. The largest absolute Gasteiger partial charge is 0.387 e. The first-order chi connectivity index (χ1) is 3.80. The molecule has 2 N–H and O–H groups in total. The quantitative estimate of drug-likeness (QED) is 0.622. The van der Waals surface area contributed by atoms with Crippen molar-refractivity contribution in [3.8, 4) is 0 Å². The van der Waals surface area contributed by atoms with Crippen molar-refractivity contribution in [2.24, 2.45) is 0 Å². The van der Waals surface area contributed by atoms with E-state index in [1.54, 1.807) is 19.2 Å². The fourth-order valence-corrected chi connectivity index (χ4v) is 0.499. The van der Waals surface area contributed by atoms with E-state index in [1.165, 1.54) is 0 Å². The Balaban J connectivity index is 0.000000640. The maximum atomic E-state index is 8.84. The summed E-state index contributed by atoms with van der Waals surface area (Å²) in [7, 11) is 0. The summed E-state index contributed by atoms with van der Waals surface area (Å²) >= 11 is 0. The zero-order valence-corrected chi connectivity index (χ0v) is 5.85. The molecule has 9 heavy (non-hydrogen) atoms. The van der Waals surface area contributed by atoms with Gasteiger partial charge in [-0.1, -0.05) is 0 Å². The molecule has 0 aliphatic rings. The van der Waals surface area contributed by atoms with Crippen LogP contribution in [0.3, 0.4) is 0 Å². The maximum Gasteiger partial charge on any atom is 0.0926 e. The Morgan fingerprint density at radius 3 is 2.67 bits per heavy atom. The number of hydrogen-bond donors (Lipinski definition) is 2. The molecule has 0 saturated carbocycles. The summed E-state index contributed by atoms with van der Waals surface area (Å²) in [5.41, 5.74) is 0.755. The summed E-state index contributed by atoms with van der Waals surface area (Å²) in [6, 6.07) is 1.74. The highest BCUT2D eigenvalue weighted by atomic mass is 35.5. The minimum atomic E-state index is -0.433. The van der Waals surface area contributed by atoms with Crippen LogP contribution in [0.2, 0.25) is 0 Å². The second-order valence-electron chi connectivity index (χ2n) is 1.69. The van der Waals surface area contributed by atoms with E-state index in [-0.39, 0.29) is 12.4 Å². The molecular formula is C5H9ClN2O. The van der Waals surface area contributed by atoms with E-state index in [9.17, 15) is 0 Å². The molecule has 52 valence electrons. The number of aromatic nitrogens is 2. The van der Waals surface area contributed by atoms with Crippen molar-refractivity contribution in [1.82, 2.24) is 10.2 Å². The van der Waals surface area contributed by atoms with Gasteiger partial charge in [0.2, 0.25) is 0 Å². The van der Waals surface area contributed by atoms with Crippen molar-refractivity contribution in [1.29, 1.82) is 0 Å². The van der Waals surface area contributed by atoms with Gasteiger partial charge in [-0.15, -0.1) is 12.4 Å². The molecule has 4 heteroatoms. The van der Waals surface area contributed by atoms with Crippen LogP contribution in [0.25, 0.3) is 0 Å². The zero-order valence-electron chi connectivity index (χ0n) is 5.03. The first-order valence-electron chi connectivity index (χ1n) is 2.48. The molecule has 3 nitrogen and oxygen atoms in total. The molecule has 0 saturated heterocycles. The van der Waals surface area contributed by atoms with Crippen molar-refractivity contribution in [3.05, 3.63) is 18.0 Å². The summed E-state index contributed by atoms with van der Waals surface area (Å²) in [5.74, 6) is 0. The van der Waals surface area contributed by atoms with Crippen LogP contribution in [0, 0.1) is 0 Å². The summed E-state index contributed by atoms with van der Waals surface area (Å²) in [4.78, 5) is 0. The molecule has 1 rings (SSSR count). The zero-order chi connectivity index (χ0) is 5.98. The second kappa shape index (κ2) is 3.48. The van der Waals surface area contributed by atoms with Gasteiger partial charge in [-0.3, -0.25) is 5.10 Å². The SMILES string of the molecule is CC(O)c1ccn[nH]1.Cl. The lowest BCUT2D eigenvalue weighted by Gasteiger charge is -1.95. The molecule has 1 heterocycles. The normalized spacial score (nSPS) is 12.2. The van der Waals surface area contributed by atoms with Crippen LogP contribution < -0.4 is 0 Å². The monoisotopic (exact) mass is 148 g/mol. The predicted molar refractivity (Wildman–Crippen MR) is 36.5 cm³/mol. The van der Waals surface area contributed by atoms with Crippen molar-refractivity contribution in [2.45, 2.75) is 13.0 Å². The molecule has 1 atom stereocenters. The number of halogens is 1. The highest BCUT2D eigenvalue weighted by Gasteiger charge is 1.97. The van der Waals surface area contributed by atoms with Crippen LogP contribution in [0.4, 0.5) is 0 Å². The van der Waals surface area contributed by atoms with E-state index in [0.29, 0.717) is 0 Å². The number of aliphatic hydroxyl groups is 1. The Kier molecular flexibility index (Phi) is 3.27.